The summed E-state index contributed by atoms with van der Waals surface area (Å²) in [6, 6.07) is 4.41. The molecule has 0 amide bonds. The van der Waals surface area contributed by atoms with E-state index in [-0.39, 0.29) is 11.7 Å². The third-order valence-electron chi connectivity index (χ3n) is 3.99. The fourth-order valence-corrected chi connectivity index (χ4v) is 2.76. The number of ether oxygens (including phenoxy) is 1. The zero-order valence-corrected chi connectivity index (χ0v) is 13.6. The molecule has 126 valence electrons. The highest BCUT2D eigenvalue weighted by atomic mass is 19.1. The largest absolute Gasteiger partial charge is 0.481 e. The normalized spacial score (nSPS) is 13.4. The van der Waals surface area contributed by atoms with Gasteiger partial charge in [-0.05, 0) is 6.07 Å². The predicted octanol–water partition coefficient (Wildman–Crippen LogP) is 2.04. The summed E-state index contributed by atoms with van der Waals surface area (Å²) in [4.78, 5) is 23.6. The molecule has 0 radical (unpaired) electrons. The minimum absolute atomic E-state index is 0.258. The van der Waals surface area contributed by atoms with Crippen LogP contribution in [0.1, 0.15) is 11.3 Å². The molecule has 7 nitrogen and oxygen atoms in total. The lowest BCUT2D eigenvalue weighted by atomic mass is 10.1. The summed E-state index contributed by atoms with van der Waals surface area (Å²) < 4.78 is 18.8. The average Bonchev–Trinajstić information content (AvgIpc) is 2.67. The lowest BCUT2D eigenvalue weighted by molar-refractivity contribution is 0.393. The van der Waals surface area contributed by atoms with Crippen LogP contribution in [0, 0.1) is 5.82 Å². The fraction of sp³-hybridized carbons (Fsp3) is 0.235. The van der Waals surface area contributed by atoms with Gasteiger partial charge in [0, 0.05) is 55.8 Å². The topological polar surface area (TPSA) is 76.9 Å². The molecule has 0 saturated heterocycles. The summed E-state index contributed by atoms with van der Waals surface area (Å²) >= 11 is 0. The lowest BCUT2D eigenvalue weighted by Crippen LogP contribution is -2.32. The van der Waals surface area contributed by atoms with Crippen molar-refractivity contribution in [2.75, 3.05) is 18.6 Å². The van der Waals surface area contributed by atoms with Gasteiger partial charge in [0.2, 0.25) is 5.88 Å². The molecule has 0 bridgehead atoms. The molecule has 25 heavy (non-hydrogen) atoms. The lowest BCUT2D eigenvalue weighted by Gasteiger charge is -2.29. The zero-order chi connectivity index (χ0) is 17.2. The van der Waals surface area contributed by atoms with Crippen LogP contribution in [0.5, 0.6) is 5.88 Å². The Balaban J connectivity index is 1.61. The van der Waals surface area contributed by atoms with Crippen molar-refractivity contribution < 1.29 is 9.13 Å². The maximum absolute atomic E-state index is 13.7. The van der Waals surface area contributed by atoms with E-state index in [0.29, 0.717) is 37.0 Å². The van der Waals surface area contributed by atoms with Crippen LogP contribution in [-0.2, 0) is 13.0 Å². The molecular formula is C17H15FN6O. The van der Waals surface area contributed by atoms with Gasteiger partial charge in [-0.25, -0.2) is 24.3 Å². The van der Waals surface area contributed by atoms with Crippen LogP contribution in [0.3, 0.4) is 0 Å². The molecule has 1 aliphatic rings. The summed E-state index contributed by atoms with van der Waals surface area (Å²) in [6.07, 6.45) is 5.81. The highest BCUT2D eigenvalue weighted by Crippen LogP contribution is 2.25. The quantitative estimate of drug-likeness (QED) is 0.723. The van der Waals surface area contributed by atoms with Gasteiger partial charge in [0.05, 0.1) is 12.8 Å². The van der Waals surface area contributed by atoms with E-state index >= 15 is 0 Å². The van der Waals surface area contributed by atoms with Crippen molar-refractivity contribution in [2.24, 2.45) is 0 Å². The first-order valence-corrected chi connectivity index (χ1v) is 7.81. The molecule has 0 N–H and O–H groups in total. The second-order valence-corrected chi connectivity index (χ2v) is 5.60. The summed E-state index contributed by atoms with van der Waals surface area (Å²) in [5, 5.41) is 0. The number of halogens is 1. The van der Waals surface area contributed by atoms with Gasteiger partial charge in [0.25, 0.3) is 0 Å². The van der Waals surface area contributed by atoms with Gasteiger partial charge in [-0.3, -0.25) is 0 Å². The van der Waals surface area contributed by atoms with Crippen molar-refractivity contribution in [3.8, 4) is 17.5 Å². The van der Waals surface area contributed by atoms with Crippen LogP contribution in [-0.4, -0.2) is 38.6 Å². The Kier molecular flexibility index (Phi) is 3.93. The first-order chi connectivity index (χ1) is 12.2. The van der Waals surface area contributed by atoms with Gasteiger partial charge in [-0.1, -0.05) is 0 Å². The van der Waals surface area contributed by atoms with Crippen LogP contribution in [0.4, 0.5) is 10.2 Å². The van der Waals surface area contributed by atoms with Crippen LogP contribution < -0.4 is 9.64 Å². The van der Waals surface area contributed by atoms with Gasteiger partial charge in [-0.15, -0.1) is 0 Å². The molecule has 8 heteroatoms. The monoisotopic (exact) mass is 338 g/mol. The van der Waals surface area contributed by atoms with E-state index in [4.69, 9.17) is 4.74 Å². The molecule has 0 spiro atoms. The van der Waals surface area contributed by atoms with Crippen LogP contribution in [0.2, 0.25) is 0 Å². The van der Waals surface area contributed by atoms with Crippen LogP contribution in [0.25, 0.3) is 11.6 Å². The first kappa shape index (κ1) is 15.4. The van der Waals surface area contributed by atoms with Crippen molar-refractivity contribution in [3.63, 3.8) is 0 Å². The van der Waals surface area contributed by atoms with Crippen molar-refractivity contribution in [1.29, 1.82) is 0 Å². The van der Waals surface area contributed by atoms with Gasteiger partial charge >= 0.3 is 0 Å². The minimum Gasteiger partial charge on any atom is -0.481 e. The van der Waals surface area contributed by atoms with E-state index in [9.17, 15) is 4.39 Å². The number of fused-ring (bicyclic) bond motifs is 1. The van der Waals surface area contributed by atoms with Crippen molar-refractivity contribution in [3.05, 3.63) is 53.9 Å². The Hall–Kier alpha value is -3.16. The summed E-state index contributed by atoms with van der Waals surface area (Å²) in [7, 11) is 1.47. The Bertz CT molecular complexity index is 905. The second kappa shape index (κ2) is 6.39. The second-order valence-electron chi connectivity index (χ2n) is 5.60. The maximum atomic E-state index is 13.7. The number of pyridine rings is 1. The Morgan fingerprint density at radius 3 is 2.72 bits per heavy atom. The molecule has 3 aromatic rings. The van der Waals surface area contributed by atoms with Crippen LogP contribution in [0.15, 0.2) is 36.8 Å². The predicted molar refractivity (Wildman–Crippen MR) is 88.6 cm³/mol. The SMILES string of the molecule is COc1cc(F)cc(N2CCc3nc(-c4ncccn4)ncc3C2)n1. The molecule has 0 saturated carbocycles. The van der Waals surface area contributed by atoms with E-state index in [1.165, 1.54) is 19.2 Å². The standard InChI is InChI=1S/C17H15FN6O/c1-25-15-8-12(18)7-14(23-15)24-6-3-13-11(10-24)9-21-17(22-13)16-19-4-2-5-20-16/h2,4-5,7-9H,3,6,10H2,1H3. The van der Waals surface area contributed by atoms with E-state index in [0.717, 1.165) is 11.3 Å². The molecular weight excluding hydrogens is 323 g/mol. The molecule has 3 aromatic heterocycles. The molecule has 0 aliphatic carbocycles. The third kappa shape index (κ3) is 3.10. The van der Waals surface area contributed by atoms with E-state index < -0.39 is 0 Å². The summed E-state index contributed by atoms with van der Waals surface area (Å²) in [5.41, 5.74) is 1.94. The minimum atomic E-state index is -0.375. The molecule has 1 aliphatic heterocycles. The van der Waals surface area contributed by atoms with E-state index in [1.54, 1.807) is 24.7 Å². The van der Waals surface area contributed by atoms with Crippen molar-refractivity contribution in [2.45, 2.75) is 13.0 Å². The van der Waals surface area contributed by atoms with Gasteiger partial charge in [-0.2, -0.15) is 4.98 Å². The van der Waals surface area contributed by atoms with E-state index in [2.05, 4.69) is 24.9 Å². The number of hydrogen-bond acceptors (Lipinski definition) is 7. The van der Waals surface area contributed by atoms with Gasteiger partial charge < -0.3 is 9.64 Å². The summed E-state index contributed by atoms with van der Waals surface area (Å²) in [5.74, 6) is 1.44. The number of aromatic nitrogens is 5. The summed E-state index contributed by atoms with van der Waals surface area (Å²) in [6.45, 7) is 1.24. The first-order valence-electron chi connectivity index (χ1n) is 7.81. The Morgan fingerprint density at radius 2 is 1.92 bits per heavy atom. The maximum Gasteiger partial charge on any atom is 0.217 e. The number of nitrogens with zero attached hydrogens (tertiary/aromatic N) is 6. The molecule has 0 atom stereocenters. The smallest absolute Gasteiger partial charge is 0.217 e. The fourth-order valence-electron chi connectivity index (χ4n) is 2.76. The number of methoxy groups -OCH3 is 1. The number of rotatable bonds is 3. The Labute approximate surface area is 143 Å². The molecule has 4 heterocycles. The van der Waals surface area contributed by atoms with Crippen molar-refractivity contribution in [1.82, 2.24) is 24.9 Å². The average molecular weight is 338 g/mol. The van der Waals surface area contributed by atoms with Gasteiger partial charge in [0.1, 0.15) is 11.6 Å². The molecule has 0 fully saturated rings. The van der Waals surface area contributed by atoms with E-state index in [1.807, 2.05) is 4.90 Å². The van der Waals surface area contributed by atoms with Crippen molar-refractivity contribution >= 4 is 5.82 Å². The molecule has 0 unspecified atom stereocenters. The highest BCUT2D eigenvalue weighted by molar-refractivity contribution is 5.47. The molecule has 4 rings (SSSR count). The number of hydrogen-bond donors (Lipinski definition) is 0. The van der Waals surface area contributed by atoms with Gasteiger partial charge in [0.15, 0.2) is 11.6 Å². The number of anilines is 1. The zero-order valence-electron chi connectivity index (χ0n) is 13.6. The molecule has 0 aromatic carbocycles. The van der Waals surface area contributed by atoms with Crippen LogP contribution >= 0.6 is 0 Å². The highest BCUT2D eigenvalue weighted by Gasteiger charge is 2.21. The Morgan fingerprint density at radius 1 is 1.08 bits per heavy atom. The third-order valence-corrected chi connectivity index (χ3v) is 3.99.